The van der Waals surface area contributed by atoms with Gasteiger partial charge < -0.3 is 5.73 Å². The lowest BCUT2D eigenvalue weighted by molar-refractivity contribution is 0.401. The summed E-state index contributed by atoms with van der Waals surface area (Å²) in [5.41, 5.74) is 10.3. The van der Waals surface area contributed by atoms with Crippen molar-refractivity contribution in [1.29, 1.82) is 0 Å². The van der Waals surface area contributed by atoms with E-state index in [-0.39, 0.29) is 5.82 Å². The molecule has 2 nitrogen and oxygen atoms in total. The van der Waals surface area contributed by atoms with E-state index in [9.17, 15) is 4.39 Å². The Morgan fingerprint density at radius 2 is 1.96 bits per heavy atom. The van der Waals surface area contributed by atoms with Gasteiger partial charge in [0.15, 0.2) is 0 Å². The Labute approximate surface area is 150 Å². The van der Waals surface area contributed by atoms with Gasteiger partial charge in [-0.25, -0.2) is 4.39 Å². The molecule has 0 spiro atoms. The summed E-state index contributed by atoms with van der Waals surface area (Å²) in [6.45, 7) is 2.26. The molecule has 0 saturated heterocycles. The molecule has 25 heavy (non-hydrogen) atoms. The molecule has 1 aromatic carbocycles. The molecule has 1 aliphatic rings. The molecule has 134 valence electrons. The molecule has 0 saturated carbocycles. The van der Waals surface area contributed by atoms with E-state index in [2.05, 4.69) is 13.0 Å². The van der Waals surface area contributed by atoms with Gasteiger partial charge in [0, 0.05) is 16.9 Å². The van der Waals surface area contributed by atoms with Crippen molar-refractivity contribution in [2.24, 2.45) is 5.92 Å². The minimum atomic E-state index is -0.308. The van der Waals surface area contributed by atoms with Crippen LogP contribution in [0.1, 0.15) is 63.1 Å². The molecule has 2 N–H and O–H groups in total. The Morgan fingerprint density at radius 3 is 2.76 bits per heavy atom. The summed E-state index contributed by atoms with van der Waals surface area (Å²) < 4.78 is 13.6. The van der Waals surface area contributed by atoms with Crippen molar-refractivity contribution < 1.29 is 4.39 Å². The van der Waals surface area contributed by atoms with E-state index >= 15 is 0 Å². The van der Waals surface area contributed by atoms with Gasteiger partial charge in [-0.3, -0.25) is 4.98 Å². The number of benzene rings is 1. The normalized spacial score (nSPS) is 16.6. The Morgan fingerprint density at radius 1 is 1.12 bits per heavy atom. The van der Waals surface area contributed by atoms with Crippen LogP contribution in [-0.2, 0) is 12.8 Å². The van der Waals surface area contributed by atoms with Gasteiger partial charge in [0.05, 0.1) is 5.69 Å². The molecule has 0 aliphatic heterocycles. The molecule has 1 heterocycles. The highest BCUT2D eigenvalue weighted by molar-refractivity contribution is 5.64. The number of aromatic nitrogens is 1. The van der Waals surface area contributed by atoms with Gasteiger partial charge >= 0.3 is 0 Å². The fourth-order valence-corrected chi connectivity index (χ4v) is 3.89. The number of rotatable bonds is 7. The van der Waals surface area contributed by atoms with E-state index in [0.717, 1.165) is 30.0 Å². The largest absolute Gasteiger partial charge is 0.399 e. The lowest BCUT2D eigenvalue weighted by Gasteiger charge is -2.24. The third kappa shape index (κ3) is 4.81. The standard InChI is InChI=1S/C22H29FN2/c1-2-3-4-5-6-7-16-8-10-21-17(12-16)9-11-22(25-21)18-13-19(23)15-20(24)14-18/h9,11,13-16H,2-8,10,12,24H2,1H3. The number of nitrogens with zero attached hydrogens (tertiary/aromatic N) is 1. The summed E-state index contributed by atoms with van der Waals surface area (Å²) in [5.74, 6) is 0.490. The smallest absolute Gasteiger partial charge is 0.125 e. The quantitative estimate of drug-likeness (QED) is 0.501. The van der Waals surface area contributed by atoms with Crippen molar-refractivity contribution in [1.82, 2.24) is 4.98 Å². The van der Waals surface area contributed by atoms with Gasteiger partial charge in [-0.1, -0.05) is 51.5 Å². The maximum Gasteiger partial charge on any atom is 0.125 e. The van der Waals surface area contributed by atoms with Gasteiger partial charge in [-0.2, -0.15) is 0 Å². The molecule has 0 amide bonds. The van der Waals surface area contributed by atoms with Crippen LogP contribution in [0.25, 0.3) is 11.3 Å². The summed E-state index contributed by atoms with van der Waals surface area (Å²) in [4.78, 5) is 4.80. The van der Waals surface area contributed by atoms with E-state index < -0.39 is 0 Å². The summed E-state index contributed by atoms with van der Waals surface area (Å²) in [6.07, 6.45) is 11.5. The van der Waals surface area contributed by atoms with Crippen molar-refractivity contribution in [3.8, 4) is 11.3 Å². The number of aryl methyl sites for hydroxylation is 1. The first kappa shape index (κ1) is 17.9. The fraction of sp³-hybridized carbons (Fsp3) is 0.500. The third-order valence-corrected chi connectivity index (χ3v) is 5.30. The van der Waals surface area contributed by atoms with Gasteiger partial charge in [0.25, 0.3) is 0 Å². The average Bonchev–Trinajstić information content (AvgIpc) is 2.60. The summed E-state index contributed by atoms with van der Waals surface area (Å²) in [5, 5.41) is 0. The van der Waals surface area contributed by atoms with Crippen LogP contribution in [0.3, 0.4) is 0 Å². The van der Waals surface area contributed by atoms with Gasteiger partial charge in [0.1, 0.15) is 5.82 Å². The minimum absolute atomic E-state index is 0.308. The van der Waals surface area contributed by atoms with E-state index in [4.69, 9.17) is 10.7 Å². The second-order valence-electron chi connectivity index (χ2n) is 7.39. The van der Waals surface area contributed by atoms with Crippen molar-refractivity contribution in [2.45, 2.75) is 64.7 Å². The highest BCUT2D eigenvalue weighted by atomic mass is 19.1. The molecule has 1 atom stereocenters. The summed E-state index contributed by atoms with van der Waals surface area (Å²) in [6, 6.07) is 8.83. The molecule has 2 aromatic rings. The van der Waals surface area contributed by atoms with Crippen LogP contribution in [-0.4, -0.2) is 4.98 Å². The zero-order valence-electron chi connectivity index (χ0n) is 15.2. The Balaban J connectivity index is 1.63. The third-order valence-electron chi connectivity index (χ3n) is 5.30. The predicted molar refractivity (Wildman–Crippen MR) is 103 cm³/mol. The molecule has 3 heteroatoms. The number of unbranched alkanes of at least 4 members (excludes halogenated alkanes) is 4. The van der Waals surface area contributed by atoms with Gasteiger partial charge in [-0.05, 0) is 55.0 Å². The lowest BCUT2D eigenvalue weighted by atomic mass is 9.83. The first-order valence-electron chi connectivity index (χ1n) is 9.71. The van der Waals surface area contributed by atoms with Crippen LogP contribution in [0.4, 0.5) is 10.1 Å². The van der Waals surface area contributed by atoms with Crippen molar-refractivity contribution in [3.05, 3.63) is 47.4 Å². The topological polar surface area (TPSA) is 38.9 Å². The number of anilines is 1. The number of pyridine rings is 1. The highest BCUT2D eigenvalue weighted by Gasteiger charge is 2.20. The first-order chi connectivity index (χ1) is 12.2. The number of nitrogens with two attached hydrogens (primary N) is 1. The number of hydrogen-bond donors (Lipinski definition) is 1. The summed E-state index contributed by atoms with van der Waals surface area (Å²) in [7, 11) is 0. The van der Waals surface area contributed by atoms with E-state index in [1.807, 2.05) is 6.07 Å². The Hall–Kier alpha value is -1.90. The van der Waals surface area contributed by atoms with Crippen LogP contribution in [0.5, 0.6) is 0 Å². The SMILES string of the molecule is CCCCCCCC1CCc2nc(-c3cc(N)cc(F)c3)ccc2C1. The van der Waals surface area contributed by atoms with Crippen LogP contribution >= 0.6 is 0 Å². The Bertz CT molecular complexity index is 691. The summed E-state index contributed by atoms with van der Waals surface area (Å²) >= 11 is 0. The predicted octanol–water partition coefficient (Wildman–Crippen LogP) is 5.94. The van der Waals surface area contributed by atoms with E-state index in [1.54, 1.807) is 6.07 Å². The molecular weight excluding hydrogens is 311 g/mol. The van der Waals surface area contributed by atoms with Crippen LogP contribution < -0.4 is 5.73 Å². The molecule has 0 radical (unpaired) electrons. The van der Waals surface area contributed by atoms with Crippen molar-refractivity contribution in [3.63, 3.8) is 0 Å². The maximum absolute atomic E-state index is 13.6. The maximum atomic E-state index is 13.6. The fourth-order valence-electron chi connectivity index (χ4n) is 3.89. The first-order valence-corrected chi connectivity index (χ1v) is 9.71. The highest BCUT2D eigenvalue weighted by Crippen LogP contribution is 2.30. The van der Waals surface area contributed by atoms with Crippen molar-refractivity contribution in [2.75, 3.05) is 5.73 Å². The molecule has 1 unspecified atom stereocenters. The van der Waals surface area contributed by atoms with Crippen molar-refractivity contribution >= 4 is 5.69 Å². The zero-order chi connectivity index (χ0) is 17.6. The van der Waals surface area contributed by atoms with Crippen LogP contribution in [0, 0.1) is 11.7 Å². The molecule has 0 fully saturated rings. The van der Waals surface area contributed by atoms with Gasteiger partial charge in [-0.15, -0.1) is 0 Å². The number of fused-ring (bicyclic) bond motifs is 1. The lowest BCUT2D eigenvalue weighted by Crippen LogP contribution is -2.15. The van der Waals surface area contributed by atoms with Gasteiger partial charge in [0.2, 0.25) is 0 Å². The molecule has 0 bridgehead atoms. The number of hydrogen-bond acceptors (Lipinski definition) is 2. The number of nitrogen functional groups attached to an aromatic ring is 1. The second kappa shape index (κ2) is 8.46. The Kier molecular flexibility index (Phi) is 6.06. The average molecular weight is 340 g/mol. The molecular formula is C22H29FN2. The van der Waals surface area contributed by atoms with Crippen LogP contribution in [0.2, 0.25) is 0 Å². The second-order valence-corrected chi connectivity index (χ2v) is 7.39. The monoisotopic (exact) mass is 340 g/mol. The van der Waals surface area contributed by atoms with E-state index in [0.29, 0.717) is 5.69 Å². The minimum Gasteiger partial charge on any atom is -0.399 e. The number of halogens is 1. The van der Waals surface area contributed by atoms with Crippen LogP contribution in [0.15, 0.2) is 30.3 Å². The van der Waals surface area contributed by atoms with E-state index in [1.165, 1.54) is 68.3 Å². The molecule has 1 aromatic heterocycles. The molecule has 1 aliphatic carbocycles. The zero-order valence-corrected chi connectivity index (χ0v) is 15.2. The molecule has 3 rings (SSSR count).